The van der Waals surface area contributed by atoms with Crippen molar-refractivity contribution in [2.75, 3.05) is 32.8 Å². The van der Waals surface area contributed by atoms with Gasteiger partial charge in [0.05, 0.1) is 32.8 Å². The summed E-state index contributed by atoms with van der Waals surface area (Å²) in [4.78, 5) is 25.5. The fraction of sp³-hybridized carbons (Fsp3) is 0.864. The molecular weight excluding hydrogens is 408 g/mol. The molecule has 4 aliphatic carbocycles. The molecule has 1 heterocycles. The van der Waals surface area contributed by atoms with Crippen LogP contribution in [-0.2, 0) is 19.3 Å². The average molecular weight is 447 g/mol. The molecule has 1 aliphatic heterocycles. The first-order valence-electron chi connectivity index (χ1n) is 11.3. The summed E-state index contributed by atoms with van der Waals surface area (Å²) in [5, 5.41) is 2.95. The number of hydrogen-bond donors (Lipinski definition) is 2. The molecule has 0 unspecified atom stereocenters. The summed E-state index contributed by atoms with van der Waals surface area (Å²) in [5.41, 5.74) is -0.721. The average Bonchev–Trinajstić information content (AvgIpc) is 2.69. The highest BCUT2D eigenvalue weighted by Crippen LogP contribution is 2.61. The van der Waals surface area contributed by atoms with Crippen molar-refractivity contribution in [1.29, 1.82) is 0 Å². The van der Waals surface area contributed by atoms with E-state index in [0.717, 1.165) is 31.5 Å². The van der Waals surface area contributed by atoms with Gasteiger partial charge in [-0.15, -0.1) is 0 Å². The molecule has 0 aromatic rings. The summed E-state index contributed by atoms with van der Waals surface area (Å²) < 4.78 is 6.40. The standard InChI is InChI=1S/C22H36N2O4.ClH.H2O/c1-4-24(5-2)9-8-23-20(25)6-7-21(3)15-26-22(28-27-21)18-11-16-10-17(13-18)14-19(22)12-16;;/h6-7,16-19H,4-5,8-15H2,1-3H3,(H,23,25);1H;1H2/b7-6+;;/t16?,17?,18?,19?,21-,22?;;/m0../s1. The number of quaternary nitrogens is 1. The van der Waals surface area contributed by atoms with Crippen LogP contribution in [0.4, 0.5) is 0 Å². The second kappa shape index (κ2) is 10.3. The van der Waals surface area contributed by atoms with Gasteiger partial charge >= 0.3 is 0 Å². The van der Waals surface area contributed by atoms with Gasteiger partial charge in [-0.1, -0.05) is 0 Å². The lowest BCUT2D eigenvalue weighted by Crippen LogP contribution is -3.12. The lowest BCUT2D eigenvalue weighted by atomic mass is 9.53. The van der Waals surface area contributed by atoms with E-state index < -0.39 is 11.4 Å². The van der Waals surface area contributed by atoms with Crippen LogP contribution in [0.3, 0.4) is 0 Å². The number of nitrogens with one attached hydrogen (secondary N) is 2. The fourth-order valence-electron chi connectivity index (χ4n) is 6.03. The molecule has 1 amide bonds. The fourth-order valence-corrected chi connectivity index (χ4v) is 6.03. The number of ether oxygens (including phenoxy) is 1. The van der Waals surface area contributed by atoms with Crippen LogP contribution in [0, 0.1) is 23.7 Å². The maximum Gasteiger partial charge on any atom is 0.243 e. The molecule has 0 aromatic carbocycles. The number of carbonyl (C=O) groups excluding carboxylic acids is 1. The van der Waals surface area contributed by atoms with Gasteiger partial charge in [0.1, 0.15) is 5.60 Å². The van der Waals surface area contributed by atoms with Crippen molar-refractivity contribution in [2.45, 2.75) is 64.3 Å². The van der Waals surface area contributed by atoms with Crippen molar-refractivity contribution >= 4 is 5.91 Å². The molecule has 30 heavy (non-hydrogen) atoms. The number of amides is 1. The van der Waals surface area contributed by atoms with E-state index in [1.807, 2.05) is 6.92 Å². The van der Waals surface area contributed by atoms with Gasteiger partial charge in [0.2, 0.25) is 11.7 Å². The van der Waals surface area contributed by atoms with Gasteiger partial charge in [-0.2, -0.15) is 4.89 Å². The molecule has 7 nitrogen and oxygen atoms in total. The Morgan fingerprint density at radius 2 is 1.67 bits per heavy atom. The Hall–Kier alpha value is -0.700. The Morgan fingerprint density at radius 3 is 2.17 bits per heavy atom. The maximum atomic E-state index is 12.1. The summed E-state index contributed by atoms with van der Waals surface area (Å²) in [6.45, 7) is 10.5. The molecule has 5 aliphatic rings. The van der Waals surface area contributed by atoms with E-state index in [2.05, 4.69) is 19.2 Å². The minimum absolute atomic E-state index is 0. The molecule has 4 bridgehead atoms. The smallest absolute Gasteiger partial charge is 0.243 e. The minimum atomic E-state index is -0.721. The predicted octanol–water partition coefficient (Wildman–Crippen LogP) is -2.35. The molecule has 8 heteroatoms. The normalized spacial score (nSPS) is 39.2. The molecule has 4 saturated carbocycles. The number of rotatable bonds is 7. The lowest BCUT2D eigenvalue weighted by Gasteiger charge is -2.61. The van der Waals surface area contributed by atoms with Crippen molar-refractivity contribution in [3.63, 3.8) is 0 Å². The quantitative estimate of drug-likeness (QED) is 0.338. The third-order valence-electron chi connectivity index (χ3n) is 7.59. The molecule has 0 aromatic heterocycles. The van der Waals surface area contributed by atoms with E-state index in [4.69, 9.17) is 14.5 Å². The first-order valence-corrected chi connectivity index (χ1v) is 11.3. The molecule has 5 rings (SSSR count). The van der Waals surface area contributed by atoms with Crippen LogP contribution in [0.1, 0.15) is 52.9 Å². The second-order valence-corrected chi connectivity index (χ2v) is 9.63. The largest absolute Gasteiger partial charge is 1.00 e. The van der Waals surface area contributed by atoms with E-state index >= 15 is 0 Å². The number of halogens is 1. The number of hydrogen-bond acceptors (Lipinski definition) is 4. The lowest BCUT2D eigenvalue weighted by molar-refractivity contribution is -0.895. The molecular formula is C22H39ClN2O5. The Labute approximate surface area is 186 Å². The first-order chi connectivity index (χ1) is 13.5. The summed E-state index contributed by atoms with van der Waals surface area (Å²) >= 11 is 0. The van der Waals surface area contributed by atoms with Crippen LogP contribution in [0.2, 0.25) is 0 Å². The van der Waals surface area contributed by atoms with Crippen LogP contribution in [0.5, 0.6) is 0 Å². The van der Waals surface area contributed by atoms with Crippen LogP contribution < -0.4 is 22.6 Å². The van der Waals surface area contributed by atoms with Crippen LogP contribution in [0.15, 0.2) is 12.2 Å². The van der Waals surface area contributed by atoms with Crippen LogP contribution in [0.25, 0.3) is 0 Å². The first kappa shape index (κ1) is 25.6. The Morgan fingerprint density at radius 1 is 1.07 bits per heavy atom. The highest BCUT2D eigenvalue weighted by Gasteiger charge is 2.62. The van der Waals surface area contributed by atoms with Gasteiger partial charge in [0.25, 0.3) is 0 Å². The molecule has 1 atom stereocenters. The van der Waals surface area contributed by atoms with Crippen molar-refractivity contribution in [3.8, 4) is 0 Å². The van der Waals surface area contributed by atoms with Crippen LogP contribution in [-0.4, -0.2) is 55.6 Å². The van der Waals surface area contributed by atoms with Gasteiger partial charge in [0.15, 0.2) is 0 Å². The van der Waals surface area contributed by atoms with E-state index in [0.29, 0.717) is 25.0 Å². The van der Waals surface area contributed by atoms with E-state index in [1.54, 1.807) is 12.2 Å². The van der Waals surface area contributed by atoms with Crippen LogP contribution >= 0.6 is 0 Å². The van der Waals surface area contributed by atoms with Gasteiger partial charge in [-0.25, -0.2) is 4.89 Å². The summed E-state index contributed by atoms with van der Waals surface area (Å²) in [6, 6.07) is 0. The molecule has 1 saturated heterocycles. The third-order valence-corrected chi connectivity index (χ3v) is 7.59. The summed E-state index contributed by atoms with van der Waals surface area (Å²) in [6.07, 6.45) is 9.56. The number of carbonyl (C=O) groups is 1. The zero-order valence-electron chi connectivity index (χ0n) is 18.5. The van der Waals surface area contributed by atoms with Crippen molar-refractivity contribution in [1.82, 2.24) is 5.32 Å². The van der Waals surface area contributed by atoms with Gasteiger partial charge in [0, 0.05) is 17.9 Å². The molecule has 0 radical (unpaired) electrons. The Kier molecular flexibility index (Phi) is 8.76. The van der Waals surface area contributed by atoms with E-state index in [9.17, 15) is 4.79 Å². The Balaban J connectivity index is 0.00000160. The zero-order chi connectivity index (χ0) is 19.8. The highest BCUT2D eigenvalue weighted by molar-refractivity contribution is 5.87. The molecule has 4 N–H and O–H groups in total. The van der Waals surface area contributed by atoms with E-state index in [1.165, 1.54) is 37.0 Å². The van der Waals surface area contributed by atoms with Gasteiger partial charge in [-0.3, -0.25) is 4.79 Å². The predicted molar refractivity (Wildman–Crippen MR) is 109 cm³/mol. The van der Waals surface area contributed by atoms with Crippen molar-refractivity contribution in [3.05, 3.63) is 12.2 Å². The second-order valence-electron chi connectivity index (χ2n) is 9.63. The molecule has 174 valence electrons. The highest BCUT2D eigenvalue weighted by atomic mass is 35.5. The topological polar surface area (TPSA) is 92.7 Å². The minimum Gasteiger partial charge on any atom is -1.00 e. The zero-order valence-corrected chi connectivity index (χ0v) is 19.3. The van der Waals surface area contributed by atoms with Gasteiger partial charge in [-0.05, 0) is 70.8 Å². The van der Waals surface area contributed by atoms with Gasteiger partial charge < -0.3 is 32.8 Å². The third kappa shape index (κ3) is 5.03. The summed E-state index contributed by atoms with van der Waals surface area (Å²) in [7, 11) is 0. The Bertz CT molecular complexity index is 572. The summed E-state index contributed by atoms with van der Waals surface area (Å²) in [5.74, 6) is 2.00. The maximum absolute atomic E-state index is 12.1. The van der Waals surface area contributed by atoms with E-state index in [-0.39, 0.29) is 23.8 Å². The SMILES string of the molecule is CC[NH+](CC)CCNC(=O)/C=C/[C@@]1(C)COC2(OO1)C1CC3CC(C1)CC2C3.O.[Cl-]. The monoisotopic (exact) mass is 446 g/mol. The molecule has 5 fully saturated rings. The molecule has 1 spiro atoms. The van der Waals surface area contributed by atoms with Crippen molar-refractivity contribution < 1.29 is 42.1 Å². The number of likely N-dealkylation sites (N-methyl/N-ethyl adjacent to an activating group) is 1. The van der Waals surface area contributed by atoms with Crippen molar-refractivity contribution in [2.24, 2.45) is 23.7 Å².